The molecule has 8 rings (SSSR count). The number of nitrogens with zero attached hydrogens (tertiary/aromatic N) is 7. The average Bonchev–Trinajstić information content (AvgIpc) is 3.94. The number of amides is 1. The second-order valence-corrected chi connectivity index (χ2v) is 24.1. The number of hydrogen-bond acceptors (Lipinski definition) is 18. The van der Waals surface area contributed by atoms with Gasteiger partial charge in [-0.15, -0.1) is 82.3 Å². The summed E-state index contributed by atoms with van der Waals surface area (Å²) in [4.78, 5) is 61.2. The highest BCUT2D eigenvalue weighted by molar-refractivity contribution is 8.18. The van der Waals surface area contributed by atoms with Gasteiger partial charge in [-0.3, -0.25) is 39.7 Å². The van der Waals surface area contributed by atoms with Crippen LogP contribution in [0.15, 0.2) is 34.9 Å². The Morgan fingerprint density at radius 1 is 0.472 bits per heavy atom. The zero-order chi connectivity index (χ0) is 37.9. The quantitative estimate of drug-likeness (QED) is 0.261. The molecule has 1 fully saturated rings. The number of aliphatic imine (C=N–C) groups is 7. The first kappa shape index (κ1) is 39.3. The van der Waals surface area contributed by atoms with Crippen molar-refractivity contribution in [2.24, 2.45) is 34.9 Å². The van der Waals surface area contributed by atoms with E-state index in [0.717, 1.165) is 69.8 Å². The van der Waals surface area contributed by atoms with Gasteiger partial charge >= 0.3 is 5.97 Å². The third kappa shape index (κ3) is 6.65. The van der Waals surface area contributed by atoms with Gasteiger partial charge in [0.25, 0.3) is 5.24 Å². The van der Waals surface area contributed by atoms with Gasteiger partial charge in [0.05, 0.1) is 48.0 Å². The van der Waals surface area contributed by atoms with Crippen molar-refractivity contribution in [3.8, 4) is 0 Å². The van der Waals surface area contributed by atoms with Gasteiger partial charge in [0.2, 0.25) is 0 Å². The van der Waals surface area contributed by atoms with Crippen LogP contribution in [-0.2, 0) is 9.53 Å². The first-order valence-corrected chi connectivity index (χ1v) is 25.3. The predicted octanol–water partition coefficient (Wildman–Crippen LogP) is 6.70. The Morgan fingerprint density at radius 2 is 0.774 bits per heavy atom. The van der Waals surface area contributed by atoms with E-state index in [9.17, 15) is 9.59 Å². The van der Waals surface area contributed by atoms with Crippen molar-refractivity contribution in [1.29, 1.82) is 0 Å². The van der Waals surface area contributed by atoms with Crippen molar-refractivity contribution >= 4 is 141 Å². The van der Waals surface area contributed by atoms with Crippen LogP contribution in [0.5, 0.6) is 0 Å². The summed E-state index contributed by atoms with van der Waals surface area (Å²) in [5, 5.41) is 10.3. The van der Waals surface area contributed by atoms with Gasteiger partial charge in [0.1, 0.15) is 33.2 Å². The molecule has 0 aromatic carbocycles. The van der Waals surface area contributed by atoms with Crippen molar-refractivity contribution < 1.29 is 14.3 Å². The summed E-state index contributed by atoms with van der Waals surface area (Å²) in [6.45, 7) is 17.0. The van der Waals surface area contributed by atoms with E-state index >= 15 is 0 Å². The van der Waals surface area contributed by atoms with Crippen LogP contribution in [0.4, 0.5) is 4.79 Å². The van der Waals surface area contributed by atoms with Crippen LogP contribution in [-0.4, -0.2) is 144 Å². The normalized spacial score (nSPS) is 45.2. The molecule has 286 valence electrons. The summed E-state index contributed by atoms with van der Waals surface area (Å²) in [5.74, 6) is 5.87. The molecule has 0 radical (unpaired) electrons. The molecular formula is C34H44N8O3S8. The minimum Gasteiger partial charge on any atom is -0.467 e. The Labute approximate surface area is 345 Å². The summed E-state index contributed by atoms with van der Waals surface area (Å²) >= 11 is 13.7. The van der Waals surface area contributed by atoms with Gasteiger partial charge in [-0.1, -0.05) is 11.8 Å². The number of esters is 1. The summed E-state index contributed by atoms with van der Waals surface area (Å²) < 4.78 is 5.03. The van der Waals surface area contributed by atoms with Gasteiger partial charge in [-0.05, 0) is 55.4 Å². The van der Waals surface area contributed by atoms with Crippen molar-refractivity contribution in [3.63, 3.8) is 0 Å². The van der Waals surface area contributed by atoms with Crippen molar-refractivity contribution in [2.75, 3.05) is 53.1 Å². The monoisotopic (exact) mass is 868 g/mol. The molecule has 8 heterocycles. The second-order valence-electron chi connectivity index (χ2n) is 16.4. The number of nitrogens with one attached hydrogen (secondary N) is 1. The maximum absolute atomic E-state index is 12.4. The van der Waals surface area contributed by atoms with Crippen LogP contribution in [0.2, 0.25) is 0 Å². The van der Waals surface area contributed by atoms with E-state index in [2.05, 4.69) is 53.8 Å². The molecule has 11 nitrogen and oxygen atoms in total. The van der Waals surface area contributed by atoms with E-state index in [0.29, 0.717) is 11.5 Å². The Kier molecular flexibility index (Phi) is 9.80. The molecule has 0 saturated carbocycles. The van der Waals surface area contributed by atoms with Crippen molar-refractivity contribution in [3.05, 3.63) is 0 Å². The summed E-state index contributed by atoms with van der Waals surface area (Å²) in [6, 6.07) is 0. The Hall–Kier alpha value is -0.570. The zero-order valence-electron chi connectivity index (χ0n) is 31.3. The fourth-order valence-corrected chi connectivity index (χ4v) is 17.8. The lowest BCUT2D eigenvalue weighted by molar-refractivity contribution is -0.145. The van der Waals surface area contributed by atoms with Gasteiger partial charge < -0.3 is 10.1 Å². The maximum Gasteiger partial charge on any atom is 0.334 e. The van der Waals surface area contributed by atoms with E-state index in [1.165, 1.54) is 18.9 Å². The lowest BCUT2D eigenvalue weighted by Crippen LogP contribution is -2.46. The molecule has 19 heteroatoms. The van der Waals surface area contributed by atoms with Crippen LogP contribution >= 0.6 is 94.1 Å². The molecule has 0 unspecified atom stereocenters. The number of carbonyl (C=O) groups excluding carboxylic acids is 2. The highest BCUT2D eigenvalue weighted by atomic mass is 32.2. The lowest BCUT2D eigenvalue weighted by Gasteiger charge is -2.23. The molecule has 8 atom stereocenters. The molecule has 0 spiro atoms. The third-order valence-electron chi connectivity index (χ3n) is 10.6. The smallest absolute Gasteiger partial charge is 0.334 e. The molecule has 0 aliphatic carbocycles. The topological polar surface area (TPSA) is 142 Å². The fourth-order valence-electron chi connectivity index (χ4n) is 7.03. The molecule has 0 bridgehead atoms. The number of rotatable bonds is 8. The predicted molar refractivity (Wildman–Crippen MR) is 239 cm³/mol. The maximum atomic E-state index is 12.4. The standard InChI is InChI=1S/C34H44N8O3S8/c1-27(10-47-20(36-27)29(3)12-49-22(38-29)31(5)14-51-24(40-31)33(7)16-53-26(44)42-33)18-35-28(2,11-46-18)19-37-30(4,13-48-19)21-39-32(6,15-50-21)23-41-34(8,17-52-23)25(43)45-9/h10-17H2,1-9H3,(H,42,44)/t27-,28-,29-,30-,31-,32-,33-,34-/m0/s1. The summed E-state index contributed by atoms with van der Waals surface area (Å²) in [5.41, 5.74) is -3.86. The van der Waals surface area contributed by atoms with Gasteiger partial charge in [-0.2, -0.15) is 0 Å². The van der Waals surface area contributed by atoms with Gasteiger partial charge in [-0.25, -0.2) is 4.79 Å². The Morgan fingerprint density at radius 3 is 1.09 bits per heavy atom. The first-order valence-electron chi connectivity index (χ1n) is 17.4. The number of methoxy groups -OCH3 is 1. The van der Waals surface area contributed by atoms with E-state index in [1.807, 2.05) is 30.4 Å². The number of carbonyl (C=O) groups is 2. The van der Waals surface area contributed by atoms with E-state index in [4.69, 9.17) is 39.7 Å². The van der Waals surface area contributed by atoms with Crippen molar-refractivity contribution in [2.45, 2.75) is 99.7 Å². The van der Waals surface area contributed by atoms with E-state index in [-0.39, 0.29) is 11.2 Å². The molecule has 1 saturated heterocycles. The largest absolute Gasteiger partial charge is 0.467 e. The van der Waals surface area contributed by atoms with E-state index in [1.54, 1.807) is 58.8 Å². The zero-order valence-corrected chi connectivity index (χ0v) is 37.8. The molecule has 1 N–H and O–H groups in total. The van der Waals surface area contributed by atoms with Crippen LogP contribution in [0.25, 0.3) is 0 Å². The lowest BCUT2D eigenvalue weighted by atomic mass is 10.0. The average molecular weight is 869 g/mol. The summed E-state index contributed by atoms with van der Waals surface area (Å²) in [7, 11) is 1.42. The number of ether oxygens (including phenoxy) is 1. The Balaban J connectivity index is 0.985. The molecule has 0 aromatic rings. The van der Waals surface area contributed by atoms with Gasteiger partial charge in [0, 0.05) is 46.0 Å². The van der Waals surface area contributed by atoms with Crippen LogP contribution in [0, 0.1) is 0 Å². The highest BCUT2D eigenvalue weighted by Crippen LogP contribution is 2.50. The number of hydrogen-bond donors (Lipinski definition) is 1. The molecule has 8 aliphatic heterocycles. The molecule has 1 amide bonds. The minimum absolute atomic E-state index is 0.0196. The Bertz CT molecular complexity index is 1920. The summed E-state index contributed by atoms with van der Waals surface area (Å²) in [6.07, 6.45) is 0. The third-order valence-corrected chi connectivity index (χ3v) is 22.3. The van der Waals surface area contributed by atoms with Crippen LogP contribution in [0.3, 0.4) is 0 Å². The first-order chi connectivity index (χ1) is 24.8. The van der Waals surface area contributed by atoms with Crippen LogP contribution < -0.4 is 5.32 Å². The number of thioether (sulfide) groups is 8. The van der Waals surface area contributed by atoms with Crippen LogP contribution in [0.1, 0.15) is 55.4 Å². The van der Waals surface area contributed by atoms with E-state index < -0.39 is 44.3 Å². The van der Waals surface area contributed by atoms with Gasteiger partial charge in [0.15, 0.2) is 5.54 Å². The fraction of sp³-hybridized carbons (Fsp3) is 0.735. The second kappa shape index (κ2) is 13.2. The van der Waals surface area contributed by atoms with Crippen molar-refractivity contribution in [1.82, 2.24) is 5.32 Å². The molecule has 8 aliphatic rings. The molecule has 53 heavy (non-hydrogen) atoms. The molecule has 0 aromatic heterocycles. The minimum atomic E-state index is -0.867. The highest BCUT2D eigenvalue weighted by Gasteiger charge is 2.54. The molecular weight excluding hydrogens is 825 g/mol. The SMILES string of the molecule is COC(=O)[C@]1(C)CSC([C@]2(C)CSC([C@]3(C)CSC([C@]4(C)CSC([C@]5(C)CSC([C@]6(C)CSC([C@]7(C)CSC([C@]8(C)CSC(=O)N8)=N7)=N6)=N5)=N4)=N3)=N2)=N1.